The van der Waals surface area contributed by atoms with Gasteiger partial charge in [-0.15, -0.1) is 0 Å². The largest absolute Gasteiger partial charge is 0.435 e. The van der Waals surface area contributed by atoms with Crippen LogP contribution in [0.15, 0.2) is 121 Å². The Morgan fingerprint density at radius 3 is 1.61 bits per heavy atom. The van der Waals surface area contributed by atoms with Crippen LogP contribution < -0.4 is 0 Å². The topological polar surface area (TPSA) is 70.3 Å². The van der Waals surface area contributed by atoms with Crippen molar-refractivity contribution in [2.75, 3.05) is 0 Å². The first-order valence-corrected chi connectivity index (χ1v) is 14.6. The lowest BCUT2D eigenvalue weighted by molar-refractivity contribution is -0.142. The Morgan fingerprint density at radius 2 is 1.17 bits per heavy atom. The molecule has 0 saturated carbocycles. The van der Waals surface area contributed by atoms with Crippen molar-refractivity contribution in [3.63, 3.8) is 0 Å². The number of aromatic nitrogens is 3. The Kier molecular flexibility index (Phi) is 7.81. The molecule has 0 fully saturated rings. The standard InChI is InChI=1S/C38H28F3N5/c1-26-34(23-43)35(29-20-18-28(22-42)19-21-29)27(2)45(26)24-30-25-46(44-36(30)38(39,40)41)37(31-12-6-3-7-13-31,32-14-8-4-9-15-32)33-16-10-5-11-17-33/h3-21,25H,24H2,1-2H3. The molecule has 5 nitrogen and oxygen atoms in total. The number of hydrogen-bond donors (Lipinski definition) is 0. The van der Waals surface area contributed by atoms with E-state index < -0.39 is 17.4 Å². The number of hydrogen-bond acceptors (Lipinski definition) is 3. The van der Waals surface area contributed by atoms with E-state index in [2.05, 4.69) is 17.2 Å². The molecular weight excluding hydrogens is 583 g/mol. The van der Waals surface area contributed by atoms with Crippen LogP contribution in [0.4, 0.5) is 13.2 Å². The van der Waals surface area contributed by atoms with E-state index in [-0.39, 0.29) is 12.1 Å². The SMILES string of the molecule is Cc1c(C#N)c(-c2ccc(C#N)cc2)c(C)n1Cc1cn(C(c2ccccc2)(c2ccccc2)c2ccccc2)nc1C(F)(F)F. The zero-order chi connectivity index (χ0) is 32.5. The second-order valence-electron chi connectivity index (χ2n) is 11.1. The quantitative estimate of drug-likeness (QED) is 0.170. The van der Waals surface area contributed by atoms with Gasteiger partial charge in [-0.3, -0.25) is 4.68 Å². The van der Waals surface area contributed by atoms with E-state index >= 15 is 0 Å². The third-order valence-corrected chi connectivity index (χ3v) is 8.50. The maximum Gasteiger partial charge on any atom is 0.435 e. The van der Waals surface area contributed by atoms with E-state index in [1.54, 1.807) is 42.7 Å². The summed E-state index contributed by atoms with van der Waals surface area (Å²) in [5.74, 6) is 0. The predicted molar refractivity (Wildman–Crippen MR) is 170 cm³/mol. The Hall–Kier alpha value is -5.86. The summed E-state index contributed by atoms with van der Waals surface area (Å²) in [4.78, 5) is 0. The first-order chi connectivity index (χ1) is 22.2. The highest BCUT2D eigenvalue weighted by molar-refractivity contribution is 5.75. The molecule has 226 valence electrons. The van der Waals surface area contributed by atoms with Crippen LogP contribution in [-0.2, 0) is 18.3 Å². The van der Waals surface area contributed by atoms with Gasteiger partial charge in [-0.2, -0.15) is 28.8 Å². The van der Waals surface area contributed by atoms with Gasteiger partial charge in [-0.1, -0.05) is 103 Å². The van der Waals surface area contributed by atoms with E-state index in [9.17, 15) is 23.7 Å². The second kappa shape index (κ2) is 11.9. The van der Waals surface area contributed by atoms with Gasteiger partial charge in [0.15, 0.2) is 5.69 Å². The Balaban J connectivity index is 1.60. The summed E-state index contributed by atoms with van der Waals surface area (Å²) in [5, 5.41) is 23.7. The first kappa shape index (κ1) is 30.2. The van der Waals surface area contributed by atoms with Crippen molar-refractivity contribution < 1.29 is 13.2 Å². The summed E-state index contributed by atoms with van der Waals surface area (Å²) in [6.07, 6.45) is -3.26. The van der Waals surface area contributed by atoms with Gasteiger partial charge in [0.1, 0.15) is 11.6 Å². The Bertz CT molecular complexity index is 1980. The fourth-order valence-corrected chi connectivity index (χ4v) is 6.36. The maximum absolute atomic E-state index is 14.9. The molecule has 8 heteroatoms. The molecular formula is C38H28F3N5. The van der Waals surface area contributed by atoms with Crippen LogP contribution in [-0.4, -0.2) is 14.3 Å². The van der Waals surface area contributed by atoms with Gasteiger partial charge in [-0.25, -0.2) is 0 Å². The first-order valence-electron chi connectivity index (χ1n) is 14.6. The fraction of sp³-hybridized carbons (Fsp3) is 0.132. The van der Waals surface area contributed by atoms with Crippen LogP contribution in [0.1, 0.15) is 50.5 Å². The molecule has 0 saturated heterocycles. The number of nitriles is 2. The minimum Gasteiger partial charge on any atom is -0.343 e. The molecule has 46 heavy (non-hydrogen) atoms. The van der Waals surface area contributed by atoms with Crippen LogP contribution >= 0.6 is 0 Å². The highest BCUT2D eigenvalue weighted by Crippen LogP contribution is 2.43. The van der Waals surface area contributed by atoms with Crippen LogP contribution in [0.5, 0.6) is 0 Å². The summed E-state index contributed by atoms with van der Waals surface area (Å²) in [7, 11) is 0. The van der Waals surface area contributed by atoms with Crippen LogP contribution in [0, 0.1) is 36.5 Å². The summed E-state index contributed by atoms with van der Waals surface area (Å²) in [6, 6.07) is 39.4. The lowest BCUT2D eigenvalue weighted by Gasteiger charge is -2.36. The van der Waals surface area contributed by atoms with Gasteiger partial charge >= 0.3 is 6.18 Å². The Morgan fingerprint density at radius 1 is 0.674 bits per heavy atom. The third-order valence-electron chi connectivity index (χ3n) is 8.50. The van der Waals surface area contributed by atoms with Crippen molar-refractivity contribution >= 4 is 0 Å². The minimum atomic E-state index is -4.75. The van der Waals surface area contributed by atoms with Gasteiger partial charge in [0, 0.05) is 28.7 Å². The third kappa shape index (κ3) is 5.04. The summed E-state index contributed by atoms with van der Waals surface area (Å²) in [6.45, 7) is 3.37. The average molecular weight is 612 g/mol. The molecule has 6 aromatic rings. The highest BCUT2D eigenvalue weighted by atomic mass is 19.4. The monoisotopic (exact) mass is 611 g/mol. The molecule has 0 spiro atoms. The zero-order valence-electron chi connectivity index (χ0n) is 25.1. The summed E-state index contributed by atoms with van der Waals surface area (Å²) >= 11 is 0. The lowest BCUT2D eigenvalue weighted by atomic mass is 9.77. The van der Waals surface area contributed by atoms with E-state index in [1.807, 2.05) is 91.0 Å². The molecule has 6 rings (SSSR count). The average Bonchev–Trinajstić information content (AvgIpc) is 3.62. The van der Waals surface area contributed by atoms with Gasteiger partial charge in [0.2, 0.25) is 0 Å². The van der Waals surface area contributed by atoms with Gasteiger partial charge in [0.25, 0.3) is 0 Å². The fourth-order valence-electron chi connectivity index (χ4n) is 6.36. The number of nitrogens with zero attached hydrogens (tertiary/aromatic N) is 5. The van der Waals surface area contributed by atoms with Crippen molar-refractivity contribution in [1.82, 2.24) is 14.3 Å². The van der Waals surface area contributed by atoms with Crippen molar-refractivity contribution in [1.29, 1.82) is 10.5 Å². The number of halogens is 3. The minimum absolute atomic E-state index is 0.0308. The van der Waals surface area contributed by atoms with Gasteiger partial charge in [0.05, 0.1) is 23.7 Å². The molecule has 0 aliphatic rings. The van der Waals surface area contributed by atoms with Crippen molar-refractivity contribution in [3.8, 4) is 23.3 Å². The van der Waals surface area contributed by atoms with Crippen LogP contribution in [0.2, 0.25) is 0 Å². The molecule has 0 N–H and O–H groups in total. The molecule has 0 amide bonds. The highest BCUT2D eigenvalue weighted by Gasteiger charge is 2.44. The van der Waals surface area contributed by atoms with Crippen LogP contribution in [0.25, 0.3) is 11.1 Å². The molecule has 0 unspecified atom stereocenters. The smallest absolute Gasteiger partial charge is 0.343 e. The lowest BCUT2D eigenvalue weighted by Crippen LogP contribution is -2.38. The molecule has 2 heterocycles. The molecule has 0 atom stereocenters. The van der Waals surface area contributed by atoms with Gasteiger partial charge < -0.3 is 4.57 Å². The molecule has 4 aromatic carbocycles. The van der Waals surface area contributed by atoms with Crippen LogP contribution in [0.3, 0.4) is 0 Å². The molecule has 2 aromatic heterocycles. The normalized spacial score (nSPS) is 11.6. The number of alkyl halides is 3. The van der Waals surface area contributed by atoms with E-state index in [0.717, 1.165) is 16.7 Å². The molecule has 0 aliphatic heterocycles. The summed E-state index contributed by atoms with van der Waals surface area (Å²) < 4.78 is 47.8. The van der Waals surface area contributed by atoms with Crippen molar-refractivity contribution in [2.45, 2.75) is 32.1 Å². The zero-order valence-corrected chi connectivity index (χ0v) is 25.1. The van der Waals surface area contributed by atoms with E-state index in [4.69, 9.17) is 0 Å². The number of rotatable bonds is 7. The van der Waals surface area contributed by atoms with Crippen molar-refractivity contribution in [2.24, 2.45) is 0 Å². The molecule has 0 radical (unpaired) electrons. The molecule has 0 aliphatic carbocycles. The van der Waals surface area contributed by atoms with Gasteiger partial charge in [-0.05, 0) is 48.2 Å². The van der Waals surface area contributed by atoms with E-state index in [0.29, 0.717) is 33.6 Å². The maximum atomic E-state index is 14.9. The summed E-state index contributed by atoms with van der Waals surface area (Å²) in [5.41, 5.74) is 3.34. The number of benzene rings is 4. The van der Waals surface area contributed by atoms with E-state index in [1.165, 1.54) is 10.9 Å². The molecule has 0 bridgehead atoms. The predicted octanol–water partition coefficient (Wildman–Crippen LogP) is 8.62. The van der Waals surface area contributed by atoms with Crippen molar-refractivity contribution in [3.05, 3.63) is 172 Å². The second-order valence-corrected chi connectivity index (χ2v) is 11.1. The Labute approximate surface area is 265 Å².